The van der Waals surface area contributed by atoms with Crippen LogP contribution in [0, 0.1) is 5.82 Å². The summed E-state index contributed by atoms with van der Waals surface area (Å²) in [6.45, 7) is 1.96. The fourth-order valence-electron chi connectivity index (χ4n) is 2.75. The summed E-state index contributed by atoms with van der Waals surface area (Å²) < 4.78 is 13.4. The molecule has 0 fully saturated rings. The predicted molar refractivity (Wildman–Crippen MR) is 71.5 cm³/mol. The number of nitrogens with one attached hydrogen (secondary N) is 1. The Bertz CT molecular complexity index is 461. The second kappa shape index (κ2) is 6.15. The van der Waals surface area contributed by atoms with E-state index in [2.05, 4.69) is 5.32 Å². The van der Waals surface area contributed by atoms with Crippen LogP contribution < -0.4 is 5.32 Å². The van der Waals surface area contributed by atoms with E-state index in [1.54, 1.807) is 0 Å². The first kappa shape index (κ1) is 14.0. The summed E-state index contributed by atoms with van der Waals surface area (Å²) in [6, 6.07) is 4.23. The number of carboxylic acids is 1. The van der Waals surface area contributed by atoms with Crippen molar-refractivity contribution in [1.82, 2.24) is 5.32 Å². The summed E-state index contributed by atoms with van der Waals surface area (Å²) in [6.07, 6.45) is 4.22. The molecule has 2 N–H and O–H groups in total. The average Bonchev–Trinajstić information content (AvgIpc) is 2.38. The van der Waals surface area contributed by atoms with Crippen molar-refractivity contribution in [2.24, 2.45) is 0 Å². The van der Waals surface area contributed by atoms with Crippen LogP contribution in [0.25, 0.3) is 0 Å². The lowest BCUT2D eigenvalue weighted by molar-refractivity contribution is -0.140. The molecular formula is C15H20FNO2. The van der Waals surface area contributed by atoms with Gasteiger partial charge < -0.3 is 5.11 Å². The highest BCUT2D eigenvalue weighted by Gasteiger charge is 2.25. The van der Waals surface area contributed by atoms with Crippen molar-refractivity contribution < 1.29 is 14.3 Å². The molecule has 0 aliphatic heterocycles. The highest BCUT2D eigenvalue weighted by atomic mass is 19.1. The molecule has 3 nitrogen and oxygen atoms in total. The van der Waals surface area contributed by atoms with Crippen molar-refractivity contribution in [3.05, 3.63) is 35.1 Å². The van der Waals surface area contributed by atoms with Gasteiger partial charge in [-0.15, -0.1) is 0 Å². The maximum absolute atomic E-state index is 13.4. The van der Waals surface area contributed by atoms with E-state index >= 15 is 0 Å². The number of hydrogen-bond acceptors (Lipinski definition) is 2. The van der Waals surface area contributed by atoms with Crippen LogP contribution in [0.5, 0.6) is 0 Å². The highest BCUT2D eigenvalue weighted by molar-refractivity contribution is 5.73. The third kappa shape index (κ3) is 3.32. The molecule has 1 aliphatic carbocycles. The van der Waals surface area contributed by atoms with E-state index in [9.17, 15) is 14.3 Å². The average molecular weight is 265 g/mol. The normalized spacial score (nSPS) is 19.8. The lowest BCUT2D eigenvalue weighted by Crippen LogP contribution is -2.40. The van der Waals surface area contributed by atoms with E-state index in [0.29, 0.717) is 6.42 Å². The van der Waals surface area contributed by atoms with E-state index in [0.717, 1.165) is 36.8 Å². The second-order valence-electron chi connectivity index (χ2n) is 5.13. The van der Waals surface area contributed by atoms with Crippen LogP contribution in [0.4, 0.5) is 4.39 Å². The first-order valence-electron chi connectivity index (χ1n) is 6.89. The van der Waals surface area contributed by atoms with Crippen molar-refractivity contribution >= 4 is 5.97 Å². The van der Waals surface area contributed by atoms with Crippen molar-refractivity contribution in [2.75, 3.05) is 0 Å². The van der Waals surface area contributed by atoms with Crippen LogP contribution in [-0.4, -0.2) is 17.1 Å². The molecule has 0 unspecified atom stereocenters. The molecule has 4 heteroatoms. The fourth-order valence-corrected chi connectivity index (χ4v) is 2.75. The summed E-state index contributed by atoms with van der Waals surface area (Å²) >= 11 is 0. The standard InChI is InChI=1S/C15H20FNO2/c1-2-4-14(15(18)19)17-13-6-3-5-10-7-8-11(16)9-12(10)13/h7-9,13-14,17H,2-6H2,1H3,(H,18,19)/t13-,14+/m0/s1. The third-order valence-corrected chi connectivity index (χ3v) is 3.70. The fraction of sp³-hybridized carbons (Fsp3) is 0.533. The van der Waals surface area contributed by atoms with Gasteiger partial charge in [0.25, 0.3) is 0 Å². The topological polar surface area (TPSA) is 49.3 Å². The van der Waals surface area contributed by atoms with Gasteiger partial charge in [0, 0.05) is 6.04 Å². The number of aliphatic carboxylic acids is 1. The van der Waals surface area contributed by atoms with Gasteiger partial charge in [0.05, 0.1) is 0 Å². The summed E-state index contributed by atoms with van der Waals surface area (Å²) in [7, 11) is 0. The number of aryl methyl sites for hydroxylation is 1. The monoisotopic (exact) mass is 265 g/mol. The smallest absolute Gasteiger partial charge is 0.320 e. The Morgan fingerprint density at radius 1 is 1.58 bits per heavy atom. The van der Waals surface area contributed by atoms with Crippen LogP contribution in [0.1, 0.15) is 49.8 Å². The third-order valence-electron chi connectivity index (χ3n) is 3.70. The zero-order valence-electron chi connectivity index (χ0n) is 11.2. The molecular weight excluding hydrogens is 245 g/mol. The predicted octanol–water partition coefficient (Wildman–Crippen LogP) is 3.05. The maximum Gasteiger partial charge on any atom is 0.320 e. The van der Waals surface area contributed by atoms with E-state index < -0.39 is 12.0 Å². The first-order chi connectivity index (χ1) is 9.11. The zero-order valence-corrected chi connectivity index (χ0v) is 11.2. The Balaban J connectivity index is 2.18. The molecule has 0 saturated carbocycles. The van der Waals surface area contributed by atoms with E-state index in [1.807, 2.05) is 13.0 Å². The van der Waals surface area contributed by atoms with Crippen molar-refractivity contribution in [2.45, 2.75) is 51.1 Å². The minimum Gasteiger partial charge on any atom is -0.480 e. The largest absolute Gasteiger partial charge is 0.480 e. The van der Waals surface area contributed by atoms with Gasteiger partial charge in [-0.2, -0.15) is 0 Å². The summed E-state index contributed by atoms with van der Waals surface area (Å²) in [4.78, 5) is 11.2. The van der Waals surface area contributed by atoms with Crippen LogP contribution >= 0.6 is 0 Å². The molecule has 2 atom stereocenters. The molecule has 1 aromatic rings. The van der Waals surface area contributed by atoms with Crippen LogP contribution in [0.2, 0.25) is 0 Å². The minimum absolute atomic E-state index is 0.0490. The molecule has 1 aliphatic rings. The quantitative estimate of drug-likeness (QED) is 0.860. The van der Waals surface area contributed by atoms with Crippen LogP contribution in [0.15, 0.2) is 18.2 Å². The lowest BCUT2D eigenvalue weighted by atomic mass is 9.87. The molecule has 0 bridgehead atoms. The molecule has 0 saturated heterocycles. The van der Waals surface area contributed by atoms with E-state index in [4.69, 9.17) is 0 Å². The van der Waals surface area contributed by atoms with Crippen LogP contribution in [-0.2, 0) is 11.2 Å². The van der Waals surface area contributed by atoms with E-state index in [1.165, 1.54) is 12.1 Å². The molecule has 0 radical (unpaired) electrons. The van der Waals surface area contributed by atoms with Crippen LogP contribution in [0.3, 0.4) is 0 Å². The van der Waals surface area contributed by atoms with E-state index in [-0.39, 0.29) is 11.9 Å². The Morgan fingerprint density at radius 2 is 2.37 bits per heavy atom. The van der Waals surface area contributed by atoms with Gasteiger partial charge in [-0.3, -0.25) is 10.1 Å². The number of rotatable bonds is 5. The van der Waals surface area contributed by atoms with Gasteiger partial charge >= 0.3 is 5.97 Å². The second-order valence-corrected chi connectivity index (χ2v) is 5.13. The molecule has 19 heavy (non-hydrogen) atoms. The molecule has 104 valence electrons. The van der Waals surface area contributed by atoms with Crippen molar-refractivity contribution in [3.63, 3.8) is 0 Å². The summed E-state index contributed by atoms with van der Waals surface area (Å²) in [5.74, 6) is -1.08. The molecule has 2 rings (SSSR count). The Hall–Kier alpha value is -1.42. The maximum atomic E-state index is 13.4. The minimum atomic E-state index is -0.828. The number of hydrogen-bond donors (Lipinski definition) is 2. The van der Waals surface area contributed by atoms with Gasteiger partial charge in [0.1, 0.15) is 11.9 Å². The SMILES string of the molecule is CCC[C@@H](N[C@H]1CCCc2ccc(F)cc21)C(=O)O. The first-order valence-corrected chi connectivity index (χ1v) is 6.89. The Kier molecular flexibility index (Phi) is 4.53. The van der Waals surface area contributed by atoms with Gasteiger partial charge in [0.2, 0.25) is 0 Å². The number of fused-ring (bicyclic) bond motifs is 1. The van der Waals surface area contributed by atoms with Crippen molar-refractivity contribution in [1.29, 1.82) is 0 Å². The number of carbonyl (C=O) groups is 1. The molecule has 0 heterocycles. The van der Waals surface area contributed by atoms with Gasteiger partial charge in [-0.25, -0.2) is 4.39 Å². The lowest BCUT2D eigenvalue weighted by Gasteiger charge is -2.29. The molecule has 1 aromatic carbocycles. The number of carboxylic acid groups (broad SMARTS) is 1. The molecule has 0 amide bonds. The Morgan fingerprint density at radius 3 is 3.05 bits per heavy atom. The molecule has 0 spiro atoms. The highest BCUT2D eigenvalue weighted by Crippen LogP contribution is 2.30. The number of benzene rings is 1. The van der Waals surface area contributed by atoms with Gasteiger partial charge in [0.15, 0.2) is 0 Å². The summed E-state index contributed by atoms with van der Waals surface area (Å²) in [5.41, 5.74) is 2.05. The van der Waals surface area contributed by atoms with Crippen molar-refractivity contribution in [3.8, 4) is 0 Å². The Labute approximate surface area is 112 Å². The molecule has 0 aromatic heterocycles. The number of halogens is 1. The van der Waals surface area contributed by atoms with Gasteiger partial charge in [-0.1, -0.05) is 19.4 Å². The summed E-state index contributed by atoms with van der Waals surface area (Å²) in [5, 5.41) is 12.4. The van der Waals surface area contributed by atoms with Gasteiger partial charge in [-0.05, 0) is 48.9 Å². The zero-order chi connectivity index (χ0) is 13.8.